The summed E-state index contributed by atoms with van der Waals surface area (Å²) in [7, 11) is 0. The van der Waals surface area contributed by atoms with Crippen LogP contribution in [0, 0.1) is 0 Å². The second-order valence-corrected chi connectivity index (χ2v) is 6.02. The second kappa shape index (κ2) is 6.69. The molecule has 2 aliphatic rings. The van der Waals surface area contributed by atoms with Crippen molar-refractivity contribution in [3.8, 4) is 0 Å². The number of nitrogens with zero attached hydrogens (tertiary/aromatic N) is 1. The predicted molar refractivity (Wildman–Crippen MR) is 92.7 cm³/mol. The standard InChI is InChI=1S/C20H19NO2.H2/c1-14-2-3-15(12-14)4-6-19(22)18-13-17(5-7-20(18)23)16-8-10-21-11-9-16;/h2-3,5,8-11,13H,4,6-7,12H2,1H3;1H. The molecule has 1 heterocycles. The maximum Gasteiger partial charge on any atom is 0.170 e. The Labute approximate surface area is 137 Å². The summed E-state index contributed by atoms with van der Waals surface area (Å²) in [6.45, 7) is 2.09. The van der Waals surface area contributed by atoms with Crippen molar-refractivity contribution in [2.75, 3.05) is 0 Å². The molecular weight excluding hydrogens is 286 g/mol. The molecule has 118 valence electrons. The number of hydrogen-bond acceptors (Lipinski definition) is 3. The van der Waals surface area contributed by atoms with E-state index in [0.29, 0.717) is 18.4 Å². The van der Waals surface area contributed by atoms with Crippen LogP contribution in [0.15, 0.2) is 65.5 Å². The lowest BCUT2D eigenvalue weighted by atomic mass is 9.90. The summed E-state index contributed by atoms with van der Waals surface area (Å²) < 4.78 is 0. The third kappa shape index (κ3) is 3.62. The van der Waals surface area contributed by atoms with Gasteiger partial charge >= 0.3 is 0 Å². The average molecular weight is 307 g/mol. The van der Waals surface area contributed by atoms with Crippen LogP contribution in [-0.2, 0) is 9.59 Å². The van der Waals surface area contributed by atoms with Crippen LogP contribution in [0.4, 0.5) is 0 Å². The van der Waals surface area contributed by atoms with Crippen LogP contribution in [0.1, 0.15) is 39.6 Å². The van der Waals surface area contributed by atoms with Crippen molar-refractivity contribution in [3.05, 3.63) is 71.1 Å². The Morgan fingerprint density at radius 2 is 2.04 bits per heavy atom. The Morgan fingerprint density at radius 1 is 1.26 bits per heavy atom. The number of carbonyl (C=O) groups excluding carboxylic acids is 2. The minimum atomic E-state index is -0.0810. The average Bonchev–Trinajstić information content (AvgIpc) is 2.99. The monoisotopic (exact) mass is 307 g/mol. The zero-order chi connectivity index (χ0) is 16.2. The highest BCUT2D eigenvalue weighted by Gasteiger charge is 2.21. The summed E-state index contributed by atoms with van der Waals surface area (Å²) in [6, 6.07) is 3.77. The molecule has 0 bridgehead atoms. The first-order valence-corrected chi connectivity index (χ1v) is 7.87. The number of rotatable bonds is 5. The SMILES string of the molecule is CC1=CC=C(CCC(=O)C2=CC(c3ccncc3)=CCC2=O)C1.[HH]. The Hall–Kier alpha value is -2.55. The molecule has 0 saturated heterocycles. The van der Waals surface area contributed by atoms with E-state index in [2.05, 4.69) is 24.1 Å². The van der Waals surface area contributed by atoms with Gasteiger partial charge in [0.25, 0.3) is 0 Å². The van der Waals surface area contributed by atoms with Crippen molar-refractivity contribution < 1.29 is 11.0 Å². The second-order valence-electron chi connectivity index (χ2n) is 6.02. The fraction of sp³-hybridized carbons (Fsp3) is 0.250. The number of aromatic nitrogens is 1. The van der Waals surface area contributed by atoms with E-state index in [1.807, 2.05) is 18.2 Å². The zero-order valence-electron chi connectivity index (χ0n) is 13.2. The molecule has 0 fully saturated rings. The molecular formula is C20H21NO2. The van der Waals surface area contributed by atoms with Gasteiger partial charge in [-0.1, -0.05) is 29.4 Å². The normalized spacial score (nSPS) is 17.3. The van der Waals surface area contributed by atoms with Gasteiger partial charge in [-0.3, -0.25) is 14.6 Å². The highest BCUT2D eigenvalue weighted by molar-refractivity contribution is 6.23. The van der Waals surface area contributed by atoms with E-state index in [1.165, 1.54) is 11.1 Å². The molecule has 0 N–H and O–H groups in total. The van der Waals surface area contributed by atoms with Gasteiger partial charge in [-0.2, -0.15) is 0 Å². The Kier molecular flexibility index (Phi) is 4.47. The van der Waals surface area contributed by atoms with E-state index in [0.717, 1.165) is 24.0 Å². The summed E-state index contributed by atoms with van der Waals surface area (Å²) in [5.41, 5.74) is 4.83. The van der Waals surface area contributed by atoms with E-state index in [4.69, 9.17) is 0 Å². The smallest absolute Gasteiger partial charge is 0.170 e. The number of Topliss-reactive ketones (excluding diaryl/α,β-unsaturated/α-hetero) is 2. The van der Waals surface area contributed by atoms with E-state index in [-0.39, 0.29) is 13.0 Å². The minimum Gasteiger partial charge on any atom is -0.294 e. The zero-order valence-corrected chi connectivity index (χ0v) is 13.2. The number of hydrogen-bond donors (Lipinski definition) is 0. The van der Waals surface area contributed by atoms with E-state index in [1.54, 1.807) is 18.5 Å². The molecule has 0 atom stereocenters. The first kappa shape index (κ1) is 15.3. The van der Waals surface area contributed by atoms with Crippen molar-refractivity contribution in [3.63, 3.8) is 0 Å². The van der Waals surface area contributed by atoms with Crippen LogP contribution >= 0.6 is 0 Å². The molecule has 0 aliphatic heterocycles. The molecule has 3 nitrogen and oxygen atoms in total. The maximum absolute atomic E-state index is 12.5. The van der Waals surface area contributed by atoms with Gasteiger partial charge in [0, 0.05) is 26.7 Å². The third-order valence-corrected chi connectivity index (χ3v) is 4.20. The molecule has 2 aliphatic carbocycles. The lowest BCUT2D eigenvalue weighted by Crippen LogP contribution is -2.15. The molecule has 0 saturated carbocycles. The third-order valence-electron chi connectivity index (χ3n) is 4.20. The largest absolute Gasteiger partial charge is 0.294 e. The first-order chi connectivity index (χ1) is 11.1. The summed E-state index contributed by atoms with van der Waals surface area (Å²) in [4.78, 5) is 28.5. The van der Waals surface area contributed by atoms with Crippen molar-refractivity contribution in [2.24, 2.45) is 0 Å². The molecule has 1 aromatic heterocycles. The van der Waals surface area contributed by atoms with Gasteiger partial charge in [0.05, 0.1) is 5.57 Å². The van der Waals surface area contributed by atoms with Crippen LogP contribution in [0.5, 0.6) is 0 Å². The van der Waals surface area contributed by atoms with Crippen molar-refractivity contribution >= 4 is 17.1 Å². The number of pyridine rings is 1. The molecule has 0 spiro atoms. The lowest BCUT2D eigenvalue weighted by molar-refractivity contribution is -0.121. The van der Waals surface area contributed by atoms with Crippen LogP contribution in [-0.4, -0.2) is 16.6 Å². The Morgan fingerprint density at radius 3 is 2.74 bits per heavy atom. The van der Waals surface area contributed by atoms with Crippen molar-refractivity contribution in [2.45, 2.75) is 32.6 Å². The molecule has 0 aromatic carbocycles. The fourth-order valence-electron chi connectivity index (χ4n) is 2.91. The number of carbonyl (C=O) groups is 2. The van der Waals surface area contributed by atoms with Gasteiger partial charge in [0.2, 0.25) is 0 Å². The lowest BCUT2D eigenvalue weighted by Gasteiger charge is -2.13. The molecule has 3 rings (SSSR count). The van der Waals surface area contributed by atoms with Crippen LogP contribution < -0.4 is 0 Å². The van der Waals surface area contributed by atoms with Gasteiger partial charge in [0.1, 0.15) is 0 Å². The van der Waals surface area contributed by atoms with Crippen molar-refractivity contribution in [1.82, 2.24) is 4.98 Å². The minimum absolute atomic E-state index is 0. The van der Waals surface area contributed by atoms with Gasteiger partial charge in [0.15, 0.2) is 11.6 Å². The number of allylic oxidation sites excluding steroid dienone is 8. The molecule has 0 amide bonds. The van der Waals surface area contributed by atoms with E-state index in [9.17, 15) is 9.59 Å². The quantitative estimate of drug-likeness (QED) is 0.765. The highest BCUT2D eigenvalue weighted by atomic mass is 16.1. The first-order valence-electron chi connectivity index (χ1n) is 7.87. The van der Waals surface area contributed by atoms with Crippen LogP contribution in [0.25, 0.3) is 5.57 Å². The van der Waals surface area contributed by atoms with Gasteiger partial charge in [-0.25, -0.2) is 0 Å². The summed E-state index contributed by atoms with van der Waals surface area (Å²) in [5.74, 6) is -0.136. The molecule has 23 heavy (non-hydrogen) atoms. The molecule has 3 heteroatoms. The topological polar surface area (TPSA) is 47.0 Å². The molecule has 0 radical (unpaired) electrons. The van der Waals surface area contributed by atoms with Crippen LogP contribution in [0.2, 0.25) is 0 Å². The van der Waals surface area contributed by atoms with Gasteiger partial charge in [-0.05, 0) is 49.1 Å². The predicted octanol–water partition coefficient (Wildman–Crippen LogP) is 4.24. The molecule has 1 aromatic rings. The van der Waals surface area contributed by atoms with Crippen molar-refractivity contribution in [1.29, 1.82) is 0 Å². The fourth-order valence-corrected chi connectivity index (χ4v) is 2.91. The summed E-state index contributed by atoms with van der Waals surface area (Å²) in [5, 5.41) is 0. The highest BCUT2D eigenvalue weighted by Crippen LogP contribution is 2.26. The Balaban J connectivity index is 0.00000208. The molecule has 0 unspecified atom stereocenters. The van der Waals surface area contributed by atoms with Gasteiger partial charge < -0.3 is 0 Å². The van der Waals surface area contributed by atoms with Gasteiger partial charge in [-0.15, -0.1) is 0 Å². The maximum atomic E-state index is 12.5. The number of ketones is 2. The Bertz CT molecular complexity index is 770. The summed E-state index contributed by atoms with van der Waals surface area (Å²) >= 11 is 0. The van der Waals surface area contributed by atoms with E-state index < -0.39 is 0 Å². The summed E-state index contributed by atoms with van der Waals surface area (Å²) in [6.07, 6.45) is 13.6. The van der Waals surface area contributed by atoms with E-state index >= 15 is 0 Å². The van der Waals surface area contributed by atoms with Crippen LogP contribution in [0.3, 0.4) is 0 Å².